The van der Waals surface area contributed by atoms with Crippen molar-refractivity contribution in [1.29, 1.82) is 0 Å². The van der Waals surface area contributed by atoms with Gasteiger partial charge in [0.15, 0.2) is 0 Å². The first-order valence-corrected chi connectivity index (χ1v) is 8.59. The molecular weight excluding hydrogens is 309 g/mol. The van der Waals surface area contributed by atoms with Crippen LogP contribution in [0.4, 0.5) is 8.68 Å². The first-order valence-electron chi connectivity index (χ1n) is 7.03. The zero-order chi connectivity index (χ0) is 16.8. The highest BCUT2D eigenvalue weighted by Gasteiger charge is 2.21. The molecule has 22 heavy (non-hydrogen) atoms. The summed E-state index contributed by atoms with van der Waals surface area (Å²) in [5.41, 5.74) is 0.178. The van der Waals surface area contributed by atoms with Crippen LogP contribution < -0.4 is 5.32 Å². The van der Waals surface area contributed by atoms with Crippen LogP contribution in [0.25, 0.3) is 0 Å². The Labute approximate surface area is 131 Å². The Bertz CT molecular complexity index is 581. The average molecular weight is 331 g/mol. The second kappa shape index (κ2) is 7.58. The zero-order valence-corrected chi connectivity index (χ0v) is 13.8. The van der Waals surface area contributed by atoms with E-state index in [9.17, 15) is 17.1 Å². The fourth-order valence-electron chi connectivity index (χ4n) is 1.92. The number of carbonyl (C=O) groups excluding carboxylic acids is 1. The third kappa shape index (κ3) is 7.97. The summed E-state index contributed by atoms with van der Waals surface area (Å²) in [5, 5.41) is 2.70. The molecule has 1 N–H and O–H groups in total. The van der Waals surface area contributed by atoms with Gasteiger partial charge in [-0.2, -0.15) is 8.42 Å². The third-order valence-corrected chi connectivity index (χ3v) is 3.55. The molecule has 0 aliphatic heterocycles. The molecule has 5 nitrogen and oxygen atoms in total. The topological polar surface area (TPSA) is 72.5 Å². The quantitative estimate of drug-likeness (QED) is 0.812. The first kappa shape index (κ1) is 18.4. The van der Waals surface area contributed by atoms with Crippen LogP contribution in [-0.2, 0) is 15.0 Å². The lowest BCUT2D eigenvalue weighted by molar-refractivity contribution is 0.0501. The molecule has 124 valence electrons. The van der Waals surface area contributed by atoms with E-state index in [1.165, 1.54) is 0 Å². The molecule has 0 fully saturated rings. The van der Waals surface area contributed by atoms with E-state index < -0.39 is 33.7 Å². The van der Waals surface area contributed by atoms with E-state index in [2.05, 4.69) is 5.32 Å². The molecule has 0 saturated heterocycles. The fourth-order valence-corrected chi connectivity index (χ4v) is 2.43. The number of hydrogen-bond acceptors (Lipinski definition) is 4. The van der Waals surface area contributed by atoms with Gasteiger partial charge < -0.3 is 10.1 Å². The number of rotatable bonds is 6. The van der Waals surface area contributed by atoms with Crippen LogP contribution in [0.2, 0.25) is 0 Å². The van der Waals surface area contributed by atoms with Gasteiger partial charge in [0, 0.05) is 0 Å². The summed E-state index contributed by atoms with van der Waals surface area (Å²) in [6.07, 6.45) is -0.190. The van der Waals surface area contributed by atoms with Crippen molar-refractivity contribution in [2.45, 2.75) is 45.3 Å². The number of alkyl carbamates (subject to hydrolysis) is 1. The number of amides is 1. The van der Waals surface area contributed by atoms with Gasteiger partial charge in [-0.25, -0.2) is 4.79 Å². The Morgan fingerprint density at radius 2 is 1.86 bits per heavy atom. The van der Waals surface area contributed by atoms with Crippen LogP contribution in [0.3, 0.4) is 0 Å². The molecule has 1 aromatic rings. The molecule has 0 spiro atoms. The second-order valence-electron chi connectivity index (χ2n) is 5.99. The van der Waals surface area contributed by atoms with Gasteiger partial charge in [0.05, 0.1) is 11.8 Å². The van der Waals surface area contributed by atoms with E-state index in [4.69, 9.17) is 4.74 Å². The Hall–Kier alpha value is -1.63. The van der Waals surface area contributed by atoms with E-state index in [1.807, 2.05) is 30.3 Å². The van der Waals surface area contributed by atoms with Gasteiger partial charge in [-0.15, -0.1) is 3.89 Å². The highest BCUT2D eigenvalue weighted by molar-refractivity contribution is 7.86. The molecule has 1 amide bonds. The van der Waals surface area contributed by atoms with Crippen molar-refractivity contribution >= 4 is 16.3 Å². The van der Waals surface area contributed by atoms with E-state index in [1.54, 1.807) is 20.8 Å². The minimum absolute atomic E-state index is 0.105. The van der Waals surface area contributed by atoms with Crippen molar-refractivity contribution in [3.05, 3.63) is 35.9 Å². The van der Waals surface area contributed by atoms with Gasteiger partial charge in [-0.1, -0.05) is 30.3 Å². The van der Waals surface area contributed by atoms with Crippen molar-refractivity contribution < 1.29 is 21.8 Å². The molecule has 0 bridgehead atoms. The highest BCUT2D eigenvalue weighted by atomic mass is 32.3. The SMILES string of the molecule is CC(C)(C)OC(=O)NC(CCCS(=O)(=O)F)c1ccccc1. The lowest BCUT2D eigenvalue weighted by atomic mass is 10.0. The Kier molecular flexibility index (Phi) is 6.34. The lowest BCUT2D eigenvalue weighted by Gasteiger charge is -2.24. The number of benzene rings is 1. The molecule has 0 aliphatic carbocycles. The summed E-state index contributed by atoms with van der Waals surface area (Å²) in [6, 6.07) is 8.64. The number of hydrogen-bond donors (Lipinski definition) is 1. The predicted octanol–water partition coefficient (Wildman–Crippen LogP) is 3.33. The molecule has 0 aliphatic rings. The van der Waals surface area contributed by atoms with E-state index in [0.29, 0.717) is 6.42 Å². The predicted molar refractivity (Wildman–Crippen MR) is 82.7 cm³/mol. The molecule has 0 radical (unpaired) electrons. The third-order valence-electron chi connectivity index (χ3n) is 2.77. The van der Waals surface area contributed by atoms with Crippen LogP contribution >= 0.6 is 0 Å². The van der Waals surface area contributed by atoms with Gasteiger partial charge in [0.2, 0.25) is 0 Å². The van der Waals surface area contributed by atoms with Gasteiger partial charge in [-0.3, -0.25) is 0 Å². The van der Waals surface area contributed by atoms with Gasteiger partial charge >= 0.3 is 16.3 Å². The van der Waals surface area contributed by atoms with Crippen molar-refractivity contribution in [3.8, 4) is 0 Å². The molecule has 0 saturated carbocycles. The second-order valence-corrected chi connectivity index (χ2v) is 7.48. The van der Waals surface area contributed by atoms with Gasteiger partial charge in [0.1, 0.15) is 5.60 Å². The first-order chi connectivity index (χ1) is 10.1. The maximum Gasteiger partial charge on any atom is 0.408 e. The molecule has 0 aromatic heterocycles. The molecular formula is C15H22FNO4S. The maximum atomic E-state index is 12.6. The number of halogens is 1. The molecule has 0 heterocycles. The summed E-state index contributed by atoms with van der Waals surface area (Å²) in [7, 11) is -4.50. The standard InChI is InChI=1S/C15H22FNO4S/c1-15(2,3)21-14(18)17-13(10-7-11-22(16,19)20)12-8-5-4-6-9-12/h4-6,8-9,13H,7,10-11H2,1-3H3,(H,17,18). The molecule has 1 aromatic carbocycles. The summed E-state index contributed by atoms with van der Waals surface area (Å²) >= 11 is 0. The molecule has 7 heteroatoms. The molecule has 1 unspecified atom stereocenters. The van der Waals surface area contributed by atoms with E-state index >= 15 is 0 Å². The average Bonchev–Trinajstić information content (AvgIpc) is 2.35. The van der Waals surface area contributed by atoms with Crippen molar-refractivity contribution in [1.82, 2.24) is 5.32 Å². The summed E-state index contributed by atoms with van der Waals surface area (Å²) < 4.78 is 38.9. The van der Waals surface area contributed by atoms with Crippen LogP contribution in [0.5, 0.6) is 0 Å². The molecule has 1 rings (SSSR count). The number of nitrogens with one attached hydrogen (secondary N) is 1. The Morgan fingerprint density at radius 3 is 2.36 bits per heavy atom. The Balaban J connectivity index is 2.73. The smallest absolute Gasteiger partial charge is 0.408 e. The summed E-state index contributed by atoms with van der Waals surface area (Å²) in [4.78, 5) is 11.9. The van der Waals surface area contributed by atoms with Crippen LogP contribution in [0, 0.1) is 0 Å². The van der Waals surface area contributed by atoms with Crippen molar-refractivity contribution in [2.24, 2.45) is 0 Å². The monoisotopic (exact) mass is 331 g/mol. The largest absolute Gasteiger partial charge is 0.444 e. The van der Waals surface area contributed by atoms with Gasteiger partial charge in [0.25, 0.3) is 0 Å². The van der Waals surface area contributed by atoms with Crippen molar-refractivity contribution in [2.75, 3.05) is 5.75 Å². The summed E-state index contributed by atoms with van der Waals surface area (Å²) in [6.45, 7) is 5.25. The highest BCUT2D eigenvalue weighted by Crippen LogP contribution is 2.20. The minimum Gasteiger partial charge on any atom is -0.444 e. The normalized spacial score (nSPS) is 13.5. The maximum absolute atomic E-state index is 12.6. The summed E-state index contributed by atoms with van der Waals surface area (Å²) in [5.74, 6) is -0.563. The van der Waals surface area contributed by atoms with Crippen LogP contribution in [0.15, 0.2) is 30.3 Å². The zero-order valence-electron chi connectivity index (χ0n) is 13.0. The number of ether oxygens (including phenoxy) is 1. The van der Waals surface area contributed by atoms with Crippen molar-refractivity contribution in [3.63, 3.8) is 0 Å². The lowest BCUT2D eigenvalue weighted by Crippen LogP contribution is -2.35. The minimum atomic E-state index is -4.50. The van der Waals surface area contributed by atoms with E-state index in [-0.39, 0.29) is 6.42 Å². The van der Waals surface area contributed by atoms with Crippen LogP contribution in [0.1, 0.15) is 45.2 Å². The number of carbonyl (C=O) groups is 1. The fraction of sp³-hybridized carbons (Fsp3) is 0.533. The van der Waals surface area contributed by atoms with Gasteiger partial charge in [-0.05, 0) is 39.2 Å². The van der Waals surface area contributed by atoms with E-state index in [0.717, 1.165) is 5.56 Å². The van der Waals surface area contributed by atoms with Crippen LogP contribution in [-0.4, -0.2) is 25.9 Å². The molecule has 1 atom stereocenters. The Morgan fingerprint density at radius 1 is 1.27 bits per heavy atom.